The molecule has 1 amide bonds. The van der Waals surface area contributed by atoms with Gasteiger partial charge in [-0.2, -0.15) is 0 Å². The maximum Gasteiger partial charge on any atom is 0.226 e. The highest BCUT2D eigenvalue weighted by Crippen LogP contribution is 2.25. The number of nitrogens with one attached hydrogen (secondary N) is 1. The molecule has 0 unspecified atom stereocenters. The van der Waals surface area contributed by atoms with Crippen LogP contribution in [-0.4, -0.2) is 11.4 Å². The van der Waals surface area contributed by atoms with Crippen LogP contribution in [0.25, 0.3) is 11.5 Å². The third kappa shape index (κ3) is 1.95. The van der Waals surface area contributed by atoms with Crippen molar-refractivity contribution < 1.29 is 9.21 Å². The van der Waals surface area contributed by atoms with Gasteiger partial charge in [0.1, 0.15) is 6.26 Å². The van der Waals surface area contributed by atoms with E-state index in [9.17, 15) is 4.79 Å². The molecule has 0 fully saturated rings. The van der Waals surface area contributed by atoms with Gasteiger partial charge < -0.3 is 9.73 Å². The summed E-state index contributed by atoms with van der Waals surface area (Å²) in [5.41, 5.74) is 3.51. The lowest BCUT2D eigenvalue weighted by Gasteiger charge is -2.04. The Bertz CT molecular complexity index is 517. The molecule has 1 aromatic carbocycles. The number of anilines is 1. The molecule has 1 heterocycles. The largest absolute Gasteiger partial charge is 0.444 e. The summed E-state index contributed by atoms with van der Waals surface area (Å²) in [6.07, 6.45) is 2.25. The average Bonchev–Trinajstić information content (AvgIpc) is 2.68. The molecule has 0 saturated carbocycles. The van der Waals surface area contributed by atoms with Crippen molar-refractivity contribution in [2.24, 2.45) is 0 Å². The maximum atomic E-state index is 10.4. The molecular weight excluding hydrogens is 204 g/mol. The van der Waals surface area contributed by atoms with Crippen molar-refractivity contribution in [3.05, 3.63) is 35.7 Å². The van der Waals surface area contributed by atoms with E-state index in [1.165, 1.54) is 0 Å². The molecule has 0 aliphatic carbocycles. The molecule has 4 nitrogen and oxygen atoms in total. The van der Waals surface area contributed by atoms with E-state index >= 15 is 0 Å². The van der Waals surface area contributed by atoms with Gasteiger partial charge in [0.25, 0.3) is 0 Å². The second-order valence-corrected chi connectivity index (χ2v) is 3.59. The topological polar surface area (TPSA) is 55.1 Å². The van der Waals surface area contributed by atoms with Crippen LogP contribution in [-0.2, 0) is 4.79 Å². The number of nitrogens with zero attached hydrogens (tertiary/aromatic N) is 1. The van der Waals surface area contributed by atoms with Crippen molar-refractivity contribution in [3.63, 3.8) is 0 Å². The van der Waals surface area contributed by atoms with Crippen LogP contribution in [0.4, 0.5) is 5.69 Å². The highest BCUT2D eigenvalue weighted by atomic mass is 16.3. The van der Waals surface area contributed by atoms with Crippen LogP contribution >= 0.6 is 0 Å². The molecule has 0 spiro atoms. The van der Waals surface area contributed by atoms with Gasteiger partial charge in [-0.1, -0.05) is 6.07 Å². The highest BCUT2D eigenvalue weighted by Gasteiger charge is 2.08. The number of benzene rings is 1. The molecule has 0 aliphatic rings. The molecule has 0 atom stereocenters. The van der Waals surface area contributed by atoms with Crippen LogP contribution in [0.3, 0.4) is 0 Å². The van der Waals surface area contributed by atoms with E-state index < -0.39 is 0 Å². The molecule has 16 heavy (non-hydrogen) atoms. The van der Waals surface area contributed by atoms with E-state index in [2.05, 4.69) is 10.3 Å². The Kier molecular flexibility index (Phi) is 2.72. The number of oxazole rings is 1. The summed E-state index contributed by atoms with van der Waals surface area (Å²) >= 11 is 0. The molecule has 1 aromatic heterocycles. The lowest BCUT2D eigenvalue weighted by Crippen LogP contribution is -1.94. The van der Waals surface area contributed by atoms with Crippen molar-refractivity contribution in [3.8, 4) is 11.5 Å². The van der Waals surface area contributed by atoms with Gasteiger partial charge in [0.2, 0.25) is 12.3 Å². The summed E-state index contributed by atoms with van der Waals surface area (Å²) < 4.78 is 5.34. The molecular formula is C12H12N2O2. The molecule has 2 aromatic rings. The van der Waals surface area contributed by atoms with E-state index in [0.717, 1.165) is 22.5 Å². The van der Waals surface area contributed by atoms with Crippen LogP contribution in [0.1, 0.15) is 11.3 Å². The number of rotatable bonds is 3. The lowest BCUT2D eigenvalue weighted by molar-refractivity contribution is -0.105. The van der Waals surface area contributed by atoms with Crippen LogP contribution in [0.2, 0.25) is 0 Å². The first-order valence-corrected chi connectivity index (χ1v) is 4.94. The van der Waals surface area contributed by atoms with E-state index in [0.29, 0.717) is 12.3 Å². The van der Waals surface area contributed by atoms with Crippen LogP contribution in [0.5, 0.6) is 0 Å². The molecule has 82 valence electrons. The monoisotopic (exact) mass is 216 g/mol. The molecule has 1 N–H and O–H groups in total. The molecule has 0 bridgehead atoms. The number of amides is 1. The predicted octanol–water partition coefficient (Wildman–Crippen LogP) is 2.53. The van der Waals surface area contributed by atoms with Gasteiger partial charge in [0.15, 0.2) is 0 Å². The van der Waals surface area contributed by atoms with Gasteiger partial charge >= 0.3 is 0 Å². The summed E-state index contributed by atoms with van der Waals surface area (Å²) in [5, 5.41) is 2.60. The summed E-state index contributed by atoms with van der Waals surface area (Å²) in [7, 11) is 0. The number of hydrogen-bond acceptors (Lipinski definition) is 3. The first-order chi connectivity index (χ1) is 7.70. The number of aryl methyl sites for hydroxylation is 2. The standard InChI is InChI=1S/C12H12N2O2/c1-8-3-4-10(13-7-15)5-11(8)12-14-9(2)6-16-12/h3-7H,1-2H3,(H,13,15). The summed E-state index contributed by atoms with van der Waals surface area (Å²) in [4.78, 5) is 14.6. The van der Waals surface area contributed by atoms with E-state index in [1.807, 2.05) is 32.0 Å². The third-order valence-electron chi connectivity index (χ3n) is 2.31. The van der Waals surface area contributed by atoms with Crippen LogP contribution in [0.15, 0.2) is 28.9 Å². The minimum atomic E-state index is 0.574. The number of hydrogen-bond donors (Lipinski definition) is 1. The zero-order valence-electron chi connectivity index (χ0n) is 9.15. The fraction of sp³-hybridized carbons (Fsp3) is 0.167. The number of aromatic nitrogens is 1. The average molecular weight is 216 g/mol. The first kappa shape index (κ1) is 10.4. The van der Waals surface area contributed by atoms with Gasteiger partial charge in [0.05, 0.1) is 5.69 Å². The fourth-order valence-corrected chi connectivity index (χ4v) is 1.49. The molecule has 4 heteroatoms. The molecule has 2 rings (SSSR count). The Morgan fingerprint density at radius 3 is 2.81 bits per heavy atom. The Hall–Kier alpha value is -2.10. The van der Waals surface area contributed by atoms with Crippen LogP contribution < -0.4 is 5.32 Å². The Balaban J connectivity index is 2.46. The van der Waals surface area contributed by atoms with E-state index in [4.69, 9.17) is 4.42 Å². The quantitative estimate of drug-likeness (QED) is 0.802. The normalized spacial score (nSPS) is 10.1. The summed E-state index contributed by atoms with van der Waals surface area (Å²) in [6, 6.07) is 5.60. The molecule has 0 aliphatic heterocycles. The highest BCUT2D eigenvalue weighted by molar-refractivity contribution is 5.75. The van der Waals surface area contributed by atoms with Crippen molar-refractivity contribution in [2.45, 2.75) is 13.8 Å². The number of carbonyl (C=O) groups is 1. The minimum Gasteiger partial charge on any atom is -0.444 e. The number of carbonyl (C=O) groups excluding carboxylic acids is 1. The van der Waals surface area contributed by atoms with Gasteiger partial charge in [-0.25, -0.2) is 4.98 Å². The lowest BCUT2D eigenvalue weighted by atomic mass is 10.1. The van der Waals surface area contributed by atoms with Crippen molar-refractivity contribution in [1.29, 1.82) is 0 Å². The maximum absolute atomic E-state index is 10.4. The Morgan fingerprint density at radius 2 is 2.19 bits per heavy atom. The molecule has 0 saturated heterocycles. The van der Waals surface area contributed by atoms with Crippen molar-refractivity contribution in [1.82, 2.24) is 4.98 Å². The second kappa shape index (κ2) is 4.18. The summed E-state index contributed by atoms with van der Waals surface area (Å²) in [5.74, 6) is 0.574. The molecule has 0 radical (unpaired) electrons. The van der Waals surface area contributed by atoms with Gasteiger partial charge in [-0.05, 0) is 31.5 Å². The van der Waals surface area contributed by atoms with E-state index in [-0.39, 0.29) is 0 Å². The zero-order valence-corrected chi connectivity index (χ0v) is 9.15. The SMILES string of the molecule is Cc1coc(-c2cc(NC=O)ccc2C)n1. The predicted molar refractivity (Wildman–Crippen MR) is 61.1 cm³/mol. The minimum absolute atomic E-state index is 0.574. The fourth-order valence-electron chi connectivity index (χ4n) is 1.49. The van der Waals surface area contributed by atoms with Gasteiger partial charge in [-0.15, -0.1) is 0 Å². The van der Waals surface area contributed by atoms with Crippen LogP contribution in [0, 0.1) is 13.8 Å². The van der Waals surface area contributed by atoms with E-state index in [1.54, 1.807) is 6.26 Å². The van der Waals surface area contributed by atoms with Crippen molar-refractivity contribution in [2.75, 3.05) is 5.32 Å². The van der Waals surface area contributed by atoms with Crippen molar-refractivity contribution >= 4 is 12.1 Å². The second-order valence-electron chi connectivity index (χ2n) is 3.59. The Labute approximate surface area is 93.3 Å². The van der Waals surface area contributed by atoms with Gasteiger partial charge in [0, 0.05) is 11.3 Å². The zero-order chi connectivity index (χ0) is 11.5. The summed E-state index contributed by atoms with van der Waals surface area (Å²) in [6.45, 7) is 3.84. The Morgan fingerprint density at radius 1 is 1.38 bits per heavy atom. The smallest absolute Gasteiger partial charge is 0.226 e. The van der Waals surface area contributed by atoms with Gasteiger partial charge in [-0.3, -0.25) is 4.79 Å². The third-order valence-corrected chi connectivity index (χ3v) is 2.31. The first-order valence-electron chi connectivity index (χ1n) is 4.94.